The number of benzene rings is 2. The molecule has 4 aromatic rings. The monoisotopic (exact) mass is 554 g/mol. The Balaban J connectivity index is 1.52. The molecule has 2 aromatic heterocycles. The fraction of sp³-hybridized carbons (Fsp3) is 0.233. The summed E-state index contributed by atoms with van der Waals surface area (Å²) in [4.78, 5) is 39.8. The van der Waals surface area contributed by atoms with Gasteiger partial charge in [-0.25, -0.2) is 19.6 Å². The summed E-state index contributed by atoms with van der Waals surface area (Å²) >= 11 is 0. The fourth-order valence-corrected chi connectivity index (χ4v) is 4.88. The number of aryl methyl sites for hydroxylation is 1. The quantitative estimate of drug-likeness (QED) is 0.197. The van der Waals surface area contributed by atoms with E-state index < -0.39 is 11.5 Å². The van der Waals surface area contributed by atoms with Gasteiger partial charge in [0.2, 0.25) is 5.88 Å². The molecule has 5 rings (SSSR count). The standard InChI is InChI=1S/C30H30N6O5/c1-19-9-4-5-11-23(19)36-30(38)27(24-12-6-7-14-35(24)36)28(37)32-17-20(10-8-13-31)41-29-21-15-25(39-2)26(40-3)16-22(21)33-18-34-29/h4-5,8-11,13,15-18H,6-7,12,14,31H2,1-3H3/b13-8+,20-10+,32-17-. The highest BCUT2D eigenvalue weighted by Crippen LogP contribution is 2.34. The highest BCUT2D eigenvalue weighted by molar-refractivity contribution is 6.02. The Hall–Kier alpha value is -5.19. The van der Waals surface area contributed by atoms with Gasteiger partial charge in [-0.3, -0.25) is 14.3 Å². The zero-order valence-corrected chi connectivity index (χ0v) is 23.0. The molecule has 11 nitrogen and oxygen atoms in total. The number of amides is 1. The average Bonchev–Trinajstić information content (AvgIpc) is 3.29. The minimum absolute atomic E-state index is 0.0576. The number of methoxy groups -OCH3 is 2. The van der Waals surface area contributed by atoms with Crippen molar-refractivity contribution in [3.63, 3.8) is 0 Å². The molecule has 0 saturated heterocycles. The number of hydrogen-bond donors (Lipinski definition) is 1. The predicted octanol–water partition coefficient (Wildman–Crippen LogP) is 3.89. The first kappa shape index (κ1) is 27.4. The van der Waals surface area contributed by atoms with Crippen LogP contribution in [0, 0.1) is 6.92 Å². The van der Waals surface area contributed by atoms with Gasteiger partial charge in [0.05, 0.1) is 42.7 Å². The molecule has 3 heterocycles. The summed E-state index contributed by atoms with van der Waals surface area (Å²) in [6.45, 7) is 2.58. The van der Waals surface area contributed by atoms with E-state index >= 15 is 0 Å². The maximum absolute atomic E-state index is 13.7. The largest absolute Gasteiger partial charge is 0.493 e. The highest BCUT2D eigenvalue weighted by Gasteiger charge is 2.28. The predicted molar refractivity (Wildman–Crippen MR) is 155 cm³/mol. The maximum atomic E-state index is 13.7. The van der Waals surface area contributed by atoms with Gasteiger partial charge < -0.3 is 19.9 Å². The van der Waals surface area contributed by atoms with Crippen molar-refractivity contribution in [3.8, 4) is 23.1 Å². The van der Waals surface area contributed by atoms with Crippen molar-refractivity contribution >= 4 is 23.0 Å². The topological polar surface area (TPSA) is 136 Å². The summed E-state index contributed by atoms with van der Waals surface area (Å²) in [6, 6.07) is 11.0. The molecule has 210 valence electrons. The smallest absolute Gasteiger partial charge is 0.284 e. The molecule has 0 unspecified atom stereocenters. The third-order valence-electron chi connectivity index (χ3n) is 6.84. The molecule has 0 saturated carbocycles. The van der Waals surface area contributed by atoms with E-state index in [1.807, 2.05) is 35.9 Å². The van der Waals surface area contributed by atoms with Crippen LogP contribution in [-0.4, -0.2) is 45.7 Å². The molecule has 0 bridgehead atoms. The van der Waals surface area contributed by atoms with Crippen molar-refractivity contribution in [1.82, 2.24) is 19.3 Å². The molecule has 0 aliphatic carbocycles. The first-order valence-corrected chi connectivity index (χ1v) is 13.1. The van der Waals surface area contributed by atoms with Gasteiger partial charge in [-0.05, 0) is 62.2 Å². The van der Waals surface area contributed by atoms with Crippen molar-refractivity contribution in [2.45, 2.75) is 32.7 Å². The van der Waals surface area contributed by atoms with Crippen LogP contribution in [0.4, 0.5) is 0 Å². The molecule has 1 amide bonds. The molecular formula is C30H30N6O5. The van der Waals surface area contributed by atoms with Crippen molar-refractivity contribution in [1.29, 1.82) is 0 Å². The summed E-state index contributed by atoms with van der Waals surface area (Å²) in [6.07, 6.45) is 9.39. The molecule has 2 aromatic carbocycles. The van der Waals surface area contributed by atoms with Crippen LogP contribution in [0.3, 0.4) is 0 Å². The van der Waals surface area contributed by atoms with Crippen LogP contribution in [0.2, 0.25) is 0 Å². The van der Waals surface area contributed by atoms with E-state index in [9.17, 15) is 9.59 Å². The van der Waals surface area contributed by atoms with Crippen LogP contribution >= 0.6 is 0 Å². The lowest BCUT2D eigenvalue weighted by Crippen LogP contribution is -2.25. The van der Waals surface area contributed by atoms with Gasteiger partial charge in [-0.15, -0.1) is 0 Å². The number of ether oxygens (including phenoxy) is 3. The first-order valence-electron chi connectivity index (χ1n) is 13.1. The molecule has 11 heteroatoms. The van der Waals surface area contributed by atoms with E-state index in [1.54, 1.807) is 16.8 Å². The summed E-state index contributed by atoms with van der Waals surface area (Å²) < 4.78 is 20.3. The van der Waals surface area contributed by atoms with Crippen molar-refractivity contribution in [3.05, 3.63) is 94.0 Å². The Morgan fingerprint density at radius 1 is 1.10 bits per heavy atom. The van der Waals surface area contributed by atoms with Crippen LogP contribution in [0.25, 0.3) is 16.6 Å². The first-order chi connectivity index (χ1) is 20.0. The van der Waals surface area contributed by atoms with E-state index in [1.165, 1.54) is 45.1 Å². The fourth-order valence-electron chi connectivity index (χ4n) is 4.88. The summed E-state index contributed by atoms with van der Waals surface area (Å²) in [5.74, 6) is 0.695. The summed E-state index contributed by atoms with van der Waals surface area (Å²) in [7, 11) is 3.06. The number of nitrogens with zero attached hydrogens (tertiary/aromatic N) is 5. The van der Waals surface area contributed by atoms with Gasteiger partial charge in [-0.2, -0.15) is 0 Å². The van der Waals surface area contributed by atoms with E-state index in [0.29, 0.717) is 41.1 Å². The van der Waals surface area contributed by atoms with Gasteiger partial charge in [0, 0.05) is 12.6 Å². The van der Waals surface area contributed by atoms with Crippen molar-refractivity contribution < 1.29 is 19.0 Å². The zero-order chi connectivity index (χ0) is 28.9. The number of hydrogen-bond acceptors (Lipinski definition) is 8. The third kappa shape index (κ3) is 5.33. The molecule has 0 fully saturated rings. The maximum Gasteiger partial charge on any atom is 0.284 e. The lowest BCUT2D eigenvalue weighted by Gasteiger charge is -2.19. The van der Waals surface area contributed by atoms with Crippen molar-refractivity contribution in [2.24, 2.45) is 10.7 Å². The van der Waals surface area contributed by atoms with Crippen LogP contribution < -0.4 is 25.5 Å². The van der Waals surface area contributed by atoms with Crippen LogP contribution in [-0.2, 0) is 13.0 Å². The SMILES string of the molecule is COc1cc2ncnc(OC(/C=N\C(=O)c3c4n(n(-c5ccccc5C)c3=O)CCCC4)=C/C=C/N)c2cc1OC. The zero-order valence-electron chi connectivity index (χ0n) is 23.0. The van der Waals surface area contributed by atoms with Crippen LogP contribution in [0.1, 0.15) is 34.5 Å². The van der Waals surface area contributed by atoms with Crippen LogP contribution in [0.5, 0.6) is 17.4 Å². The molecule has 0 spiro atoms. The minimum atomic E-state index is -0.654. The Morgan fingerprint density at radius 2 is 1.88 bits per heavy atom. The third-order valence-corrected chi connectivity index (χ3v) is 6.84. The second-order valence-electron chi connectivity index (χ2n) is 9.33. The number of fused-ring (bicyclic) bond motifs is 2. The van der Waals surface area contributed by atoms with E-state index in [2.05, 4.69) is 15.0 Å². The number of aliphatic imine (C=N–C) groups is 1. The number of rotatable bonds is 8. The van der Waals surface area contributed by atoms with E-state index in [4.69, 9.17) is 19.9 Å². The normalized spacial score (nSPS) is 13.6. The number of aromatic nitrogens is 4. The number of carbonyl (C=O) groups is 1. The van der Waals surface area contributed by atoms with Gasteiger partial charge >= 0.3 is 0 Å². The van der Waals surface area contributed by atoms with E-state index in [-0.39, 0.29) is 17.2 Å². The van der Waals surface area contributed by atoms with Gasteiger partial charge in [-0.1, -0.05) is 18.2 Å². The lowest BCUT2D eigenvalue weighted by atomic mass is 10.1. The number of carbonyl (C=O) groups excluding carboxylic acids is 1. The Bertz CT molecular complexity index is 1770. The summed E-state index contributed by atoms with van der Waals surface area (Å²) in [5.41, 5.74) is 8.13. The molecule has 1 aliphatic heterocycles. The molecule has 0 radical (unpaired) electrons. The Morgan fingerprint density at radius 3 is 2.63 bits per heavy atom. The highest BCUT2D eigenvalue weighted by atomic mass is 16.5. The Labute approximate surface area is 236 Å². The second kappa shape index (κ2) is 11.9. The number of allylic oxidation sites excluding steroid dienone is 3. The number of para-hydroxylation sites is 1. The van der Waals surface area contributed by atoms with Gasteiger partial charge in [0.15, 0.2) is 11.5 Å². The van der Waals surface area contributed by atoms with Gasteiger partial charge in [0.1, 0.15) is 17.6 Å². The molecule has 1 aliphatic rings. The second-order valence-corrected chi connectivity index (χ2v) is 9.33. The Kier molecular flexibility index (Phi) is 7.95. The van der Waals surface area contributed by atoms with Gasteiger partial charge in [0.25, 0.3) is 11.5 Å². The minimum Gasteiger partial charge on any atom is -0.493 e. The van der Waals surface area contributed by atoms with E-state index in [0.717, 1.165) is 24.1 Å². The average molecular weight is 555 g/mol. The number of nitrogens with two attached hydrogens (primary N) is 1. The van der Waals surface area contributed by atoms with Crippen LogP contribution in [0.15, 0.2) is 76.6 Å². The molecule has 2 N–H and O–H groups in total. The molecule has 0 atom stereocenters. The summed E-state index contributed by atoms with van der Waals surface area (Å²) in [5, 5.41) is 0.551. The molecule has 41 heavy (non-hydrogen) atoms. The van der Waals surface area contributed by atoms with Crippen molar-refractivity contribution in [2.75, 3.05) is 14.2 Å². The molecular weight excluding hydrogens is 524 g/mol. The lowest BCUT2D eigenvalue weighted by molar-refractivity contribution is 0.100.